The smallest absolute Gasteiger partial charge is 0.475 e. The van der Waals surface area contributed by atoms with Crippen LogP contribution in [0.5, 0.6) is 0 Å². The maximum Gasteiger partial charge on any atom is 0.490 e. The highest BCUT2D eigenvalue weighted by molar-refractivity contribution is 5.73. The molecule has 0 bridgehead atoms. The number of likely N-dealkylation sites (tertiary alicyclic amines) is 3. The van der Waals surface area contributed by atoms with Gasteiger partial charge in [-0.3, -0.25) is 4.90 Å². The first kappa shape index (κ1) is 22.4. The van der Waals surface area contributed by atoms with Crippen LogP contribution < -0.4 is 0 Å². The molecule has 0 saturated carbocycles. The number of piperidine rings is 2. The fourth-order valence-corrected chi connectivity index (χ4v) is 4.41. The molecule has 0 aliphatic carbocycles. The number of alkyl halides is 3. The van der Waals surface area contributed by atoms with Crippen LogP contribution in [0.3, 0.4) is 0 Å². The van der Waals surface area contributed by atoms with Crippen LogP contribution in [-0.2, 0) is 4.79 Å². The van der Waals surface area contributed by atoms with E-state index in [0.29, 0.717) is 0 Å². The lowest BCUT2D eigenvalue weighted by atomic mass is 10.0. The fraction of sp³-hybridized carbons (Fsp3) is 0.947. The van der Waals surface area contributed by atoms with Gasteiger partial charge in [0.1, 0.15) is 0 Å². The summed E-state index contributed by atoms with van der Waals surface area (Å²) in [6, 6.07) is 0.867. The van der Waals surface area contributed by atoms with Crippen LogP contribution in [-0.4, -0.2) is 90.4 Å². The van der Waals surface area contributed by atoms with Gasteiger partial charge in [0.05, 0.1) is 0 Å². The quantitative estimate of drug-likeness (QED) is 0.796. The number of carbonyl (C=O) groups is 1. The van der Waals surface area contributed by atoms with Gasteiger partial charge in [-0.15, -0.1) is 0 Å². The zero-order valence-corrected chi connectivity index (χ0v) is 16.4. The Morgan fingerprint density at radius 2 is 1.44 bits per heavy atom. The minimum Gasteiger partial charge on any atom is -0.475 e. The van der Waals surface area contributed by atoms with Gasteiger partial charge in [0.25, 0.3) is 0 Å². The summed E-state index contributed by atoms with van der Waals surface area (Å²) >= 11 is 0. The molecule has 0 aromatic heterocycles. The Hall–Kier alpha value is -0.860. The summed E-state index contributed by atoms with van der Waals surface area (Å²) < 4.78 is 31.7. The number of halogens is 3. The van der Waals surface area contributed by atoms with Crippen LogP contribution in [0.2, 0.25) is 0 Å². The van der Waals surface area contributed by atoms with Crippen molar-refractivity contribution in [3.05, 3.63) is 0 Å². The number of aliphatic carboxylic acids is 1. The Labute approximate surface area is 160 Å². The van der Waals surface area contributed by atoms with Gasteiger partial charge in [-0.05, 0) is 70.6 Å². The Bertz CT molecular complexity index is 456. The predicted molar refractivity (Wildman–Crippen MR) is 98.8 cm³/mol. The maximum atomic E-state index is 10.6. The number of carboxylic acid groups (broad SMARTS) is 1. The molecule has 2 unspecified atom stereocenters. The van der Waals surface area contributed by atoms with Gasteiger partial charge in [-0.2, -0.15) is 13.2 Å². The summed E-state index contributed by atoms with van der Waals surface area (Å²) in [6.45, 7) is 13.1. The molecule has 0 amide bonds. The van der Waals surface area contributed by atoms with Crippen molar-refractivity contribution in [3.63, 3.8) is 0 Å². The second-order valence-corrected chi connectivity index (χ2v) is 8.19. The van der Waals surface area contributed by atoms with E-state index in [1.54, 1.807) is 0 Å². The largest absolute Gasteiger partial charge is 0.490 e. The van der Waals surface area contributed by atoms with Crippen LogP contribution >= 0.6 is 0 Å². The molecule has 0 spiro atoms. The highest BCUT2D eigenvalue weighted by Gasteiger charge is 2.38. The van der Waals surface area contributed by atoms with Gasteiger partial charge < -0.3 is 14.9 Å². The fourth-order valence-electron chi connectivity index (χ4n) is 4.41. The minimum absolute atomic E-state index is 0.867. The summed E-state index contributed by atoms with van der Waals surface area (Å²) in [5.74, 6) is -1.84. The van der Waals surface area contributed by atoms with Crippen molar-refractivity contribution in [1.29, 1.82) is 0 Å². The molecule has 3 aliphatic rings. The van der Waals surface area contributed by atoms with Gasteiger partial charge >= 0.3 is 12.1 Å². The van der Waals surface area contributed by atoms with E-state index >= 15 is 0 Å². The summed E-state index contributed by atoms with van der Waals surface area (Å²) in [5, 5.41) is 7.12. The zero-order chi connectivity index (χ0) is 19.9. The van der Waals surface area contributed by atoms with Crippen LogP contribution in [0.4, 0.5) is 13.2 Å². The normalized spacial score (nSPS) is 28.6. The maximum absolute atomic E-state index is 10.6. The first-order chi connectivity index (χ1) is 12.8. The standard InChI is InChI=1S/C17H33N3.C2HF3O2/c1-16-6-4-8-18(14-16)12-13-19-9-5-7-17(15-19)20-10-2-3-11-20;3-2(4,5)1(6)7/h16-17H,2-15H2,1H3;(H,6,7). The highest BCUT2D eigenvalue weighted by Crippen LogP contribution is 2.21. The van der Waals surface area contributed by atoms with E-state index in [1.807, 2.05) is 0 Å². The average Bonchev–Trinajstić information content (AvgIpc) is 3.15. The third-order valence-electron chi connectivity index (χ3n) is 5.85. The number of hydrogen-bond acceptors (Lipinski definition) is 4. The molecule has 0 aromatic carbocycles. The molecule has 2 atom stereocenters. The first-order valence-corrected chi connectivity index (χ1v) is 10.2. The van der Waals surface area contributed by atoms with Gasteiger partial charge in [0, 0.05) is 32.2 Å². The Morgan fingerprint density at radius 1 is 0.926 bits per heavy atom. The number of carboxylic acids is 1. The summed E-state index contributed by atoms with van der Waals surface area (Å²) in [5.41, 5.74) is 0. The van der Waals surface area contributed by atoms with Crippen molar-refractivity contribution in [2.45, 2.75) is 57.7 Å². The molecule has 3 heterocycles. The van der Waals surface area contributed by atoms with Crippen LogP contribution in [0.1, 0.15) is 45.4 Å². The monoisotopic (exact) mass is 393 g/mol. The molecule has 5 nitrogen and oxygen atoms in total. The van der Waals surface area contributed by atoms with Crippen molar-refractivity contribution >= 4 is 5.97 Å². The van der Waals surface area contributed by atoms with Crippen LogP contribution in [0.15, 0.2) is 0 Å². The molecule has 3 saturated heterocycles. The third-order valence-corrected chi connectivity index (χ3v) is 5.85. The lowest BCUT2D eigenvalue weighted by Crippen LogP contribution is -2.49. The summed E-state index contributed by atoms with van der Waals surface area (Å²) in [7, 11) is 0. The zero-order valence-electron chi connectivity index (χ0n) is 16.4. The van der Waals surface area contributed by atoms with Crippen molar-refractivity contribution in [3.8, 4) is 0 Å². The Morgan fingerprint density at radius 3 is 1.96 bits per heavy atom. The second-order valence-electron chi connectivity index (χ2n) is 8.19. The third kappa shape index (κ3) is 7.95. The Kier molecular flexibility index (Phi) is 8.82. The lowest BCUT2D eigenvalue weighted by Gasteiger charge is -2.39. The van der Waals surface area contributed by atoms with E-state index < -0.39 is 12.1 Å². The SMILES string of the molecule is CC1CCCN(CCN2CCCC(N3CCCC3)C2)C1.O=C(O)C(F)(F)F. The van der Waals surface area contributed by atoms with E-state index in [4.69, 9.17) is 9.90 Å². The molecular weight excluding hydrogens is 359 g/mol. The van der Waals surface area contributed by atoms with Crippen LogP contribution in [0.25, 0.3) is 0 Å². The number of rotatable bonds is 4. The van der Waals surface area contributed by atoms with Crippen molar-refractivity contribution in [2.24, 2.45) is 5.92 Å². The van der Waals surface area contributed by atoms with Crippen molar-refractivity contribution < 1.29 is 23.1 Å². The molecule has 3 aliphatic heterocycles. The highest BCUT2D eigenvalue weighted by atomic mass is 19.4. The number of hydrogen-bond donors (Lipinski definition) is 1. The Balaban J connectivity index is 0.000000321. The predicted octanol–water partition coefficient (Wildman–Crippen LogP) is 2.91. The minimum atomic E-state index is -5.08. The first-order valence-electron chi connectivity index (χ1n) is 10.2. The van der Waals surface area contributed by atoms with Gasteiger partial charge in [-0.1, -0.05) is 6.92 Å². The average molecular weight is 393 g/mol. The van der Waals surface area contributed by atoms with E-state index in [2.05, 4.69) is 21.6 Å². The lowest BCUT2D eigenvalue weighted by molar-refractivity contribution is -0.192. The second kappa shape index (κ2) is 10.6. The molecule has 158 valence electrons. The molecule has 3 fully saturated rings. The van der Waals surface area contributed by atoms with Crippen molar-refractivity contribution in [2.75, 3.05) is 52.4 Å². The van der Waals surface area contributed by atoms with Crippen LogP contribution in [0, 0.1) is 5.92 Å². The molecule has 3 rings (SSSR count). The van der Waals surface area contributed by atoms with Crippen molar-refractivity contribution in [1.82, 2.24) is 14.7 Å². The van der Waals surface area contributed by atoms with E-state index in [-0.39, 0.29) is 0 Å². The molecule has 0 aromatic rings. The van der Waals surface area contributed by atoms with E-state index in [9.17, 15) is 13.2 Å². The summed E-state index contributed by atoms with van der Waals surface area (Å²) in [6.07, 6.45) is 3.49. The molecular formula is C19H34F3N3O2. The topological polar surface area (TPSA) is 47.0 Å². The molecule has 8 heteroatoms. The number of nitrogens with zero attached hydrogens (tertiary/aromatic N) is 3. The van der Waals surface area contributed by atoms with Gasteiger partial charge in [0.15, 0.2) is 0 Å². The molecule has 0 radical (unpaired) electrons. The molecule has 1 N–H and O–H groups in total. The van der Waals surface area contributed by atoms with Gasteiger partial charge in [-0.25, -0.2) is 4.79 Å². The van der Waals surface area contributed by atoms with E-state index in [0.717, 1.165) is 12.0 Å². The van der Waals surface area contributed by atoms with Gasteiger partial charge in [0.2, 0.25) is 0 Å². The van der Waals surface area contributed by atoms with E-state index in [1.165, 1.54) is 90.9 Å². The molecule has 27 heavy (non-hydrogen) atoms. The summed E-state index contributed by atoms with van der Waals surface area (Å²) in [4.78, 5) is 17.1.